The molecule has 0 bridgehead atoms. The smallest absolute Gasteiger partial charge is 0.338 e. The van der Waals surface area contributed by atoms with Crippen molar-refractivity contribution in [2.24, 2.45) is 5.73 Å². The number of hydrogen-bond acceptors (Lipinski definition) is 5. The Balaban J connectivity index is 2.85. The van der Waals surface area contributed by atoms with Gasteiger partial charge < -0.3 is 15.2 Å². The lowest BCUT2D eigenvalue weighted by molar-refractivity contribution is -0.167. The molecule has 0 heterocycles. The molecule has 1 aromatic carbocycles. The molecular weight excluding hydrogens is 289 g/mol. The number of halogens is 1. The van der Waals surface area contributed by atoms with Crippen LogP contribution < -0.4 is 5.73 Å². The zero-order valence-corrected chi connectivity index (χ0v) is 13.1. The van der Waals surface area contributed by atoms with E-state index >= 15 is 0 Å². The zero-order valence-electron chi connectivity index (χ0n) is 13.1. The van der Waals surface area contributed by atoms with Crippen LogP contribution in [-0.4, -0.2) is 29.8 Å². The van der Waals surface area contributed by atoms with Crippen molar-refractivity contribution >= 4 is 11.9 Å². The number of nitrogens with two attached hydrogens (primary N) is 1. The summed E-state index contributed by atoms with van der Waals surface area (Å²) >= 11 is 0. The van der Waals surface area contributed by atoms with Crippen LogP contribution in [0, 0.1) is 0 Å². The molecule has 1 aromatic rings. The van der Waals surface area contributed by atoms with Crippen molar-refractivity contribution in [1.29, 1.82) is 0 Å². The van der Waals surface area contributed by atoms with E-state index in [1.54, 1.807) is 31.2 Å². The van der Waals surface area contributed by atoms with Crippen molar-refractivity contribution in [1.82, 2.24) is 0 Å². The van der Waals surface area contributed by atoms with Gasteiger partial charge in [-0.2, -0.15) is 0 Å². The molecule has 0 radical (unpaired) electrons. The molecule has 6 heteroatoms. The van der Waals surface area contributed by atoms with E-state index in [1.807, 2.05) is 6.07 Å². The van der Waals surface area contributed by atoms with E-state index in [0.29, 0.717) is 0 Å². The first-order valence-electron chi connectivity index (χ1n) is 7.05. The molecule has 1 atom stereocenters. The highest BCUT2D eigenvalue weighted by molar-refractivity contribution is 6.04. The summed E-state index contributed by atoms with van der Waals surface area (Å²) in [6.07, 6.45) is -0.521. The number of hydrogen-bond donors (Lipinski definition) is 1. The molecule has 0 aliphatic rings. The third kappa shape index (κ3) is 5.11. The second kappa shape index (κ2) is 7.35. The second-order valence-electron chi connectivity index (χ2n) is 5.65. The van der Waals surface area contributed by atoms with Crippen molar-refractivity contribution in [2.75, 3.05) is 6.61 Å². The Morgan fingerprint density at radius 2 is 1.68 bits per heavy atom. The van der Waals surface area contributed by atoms with E-state index in [1.165, 1.54) is 13.8 Å². The van der Waals surface area contributed by atoms with Gasteiger partial charge in [0, 0.05) is 6.42 Å². The van der Waals surface area contributed by atoms with Gasteiger partial charge in [-0.3, -0.25) is 0 Å². The van der Waals surface area contributed by atoms with Gasteiger partial charge in [-0.05, 0) is 26.3 Å². The molecule has 0 saturated heterocycles. The van der Waals surface area contributed by atoms with Crippen LogP contribution in [0.2, 0.25) is 0 Å². The number of rotatable bonds is 7. The summed E-state index contributed by atoms with van der Waals surface area (Å²) in [6.45, 7) is 4.03. The molecule has 0 aliphatic carbocycles. The summed E-state index contributed by atoms with van der Waals surface area (Å²) in [5, 5.41) is 0. The normalized spacial score (nSPS) is 14.0. The second-order valence-corrected chi connectivity index (χ2v) is 5.65. The van der Waals surface area contributed by atoms with Gasteiger partial charge in [0.05, 0.1) is 6.61 Å². The Morgan fingerprint density at radius 3 is 2.18 bits per heavy atom. The van der Waals surface area contributed by atoms with Gasteiger partial charge in [0.25, 0.3) is 0 Å². The lowest BCUT2D eigenvalue weighted by Gasteiger charge is -2.29. The minimum Gasteiger partial charge on any atom is -0.464 e. The summed E-state index contributed by atoms with van der Waals surface area (Å²) in [7, 11) is 0. The Labute approximate surface area is 129 Å². The van der Waals surface area contributed by atoms with Crippen molar-refractivity contribution in [2.45, 2.75) is 45.0 Å². The van der Waals surface area contributed by atoms with Crippen LogP contribution in [0.1, 0.15) is 32.8 Å². The van der Waals surface area contributed by atoms with Gasteiger partial charge in [0.2, 0.25) is 5.54 Å². The monoisotopic (exact) mass is 311 g/mol. The average molecular weight is 311 g/mol. The maximum absolute atomic E-state index is 13.9. The molecular formula is C16H22FNO4. The van der Waals surface area contributed by atoms with Crippen LogP contribution in [0.3, 0.4) is 0 Å². The molecule has 0 fully saturated rings. The van der Waals surface area contributed by atoms with E-state index in [2.05, 4.69) is 0 Å². The summed E-state index contributed by atoms with van der Waals surface area (Å²) < 4.78 is 23.8. The van der Waals surface area contributed by atoms with Crippen molar-refractivity contribution < 1.29 is 23.5 Å². The molecule has 2 N–H and O–H groups in total. The Bertz CT molecular complexity index is 513. The van der Waals surface area contributed by atoms with Crippen molar-refractivity contribution in [3.8, 4) is 0 Å². The lowest BCUT2D eigenvalue weighted by Crippen LogP contribution is -2.59. The minimum atomic E-state index is -2.16. The van der Waals surface area contributed by atoms with Gasteiger partial charge in [-0.25, -0.2) is 14.0 Å². The third-order valence-corrected chi connectivity index (χ3v) is 2.92. The van der Waals surface area contributed by atoms with E-state index < -0.39 is 29.6 Å². The van der Waals surface area contributed by atoms with Crippen molar-refractivity contribution in [3.05, 3.63) is 35.9 Å². The third-order valence-electron chi connectivity index (χ3n) is 2.92. The van der Waals surface area contributed by atoms with Crippen LogP contribution in [-0.2, 0) is 25.7 Å². The van der Waals surface area contributed by atoms with E-state index in [9.17, 15) is 14.0 Å². The fraction of sp³-hybridized carbons (Fsp3) is 0.500. The number of esters is 2. The Morgan fingerprint density at radius 1 is 1.14 bits per heavy atom. The predicted octanol–water partition coefficient (Wildman–Crippen LogP) is 2.13. The summed E-state index contributed by atoms with van der Waals surface area (Å²) in [5.74, 6) is -1.99. The summed E-state index contributed by atoms with van der Waals surface area (Å²) in [4.78, 5) is 24.2. The van der Waals surface area contributed by atoms with Gasteiger partial charge in [0.1, 0.15) is 12.3 Å². The molecule has 5 nitrogen and oxygen atoms in total. The fourth-order valence-corrected chi connectivity index (χ4v) is 2.00. The van der Waals surface area contributed by atoms with Gasteiger partial charge >= 0.3 is 11.9 Å². The maximum atomic E-state index is 13.9. The largest absolute Gasteiger partial charge is 0.464 e. The number of alkyl halides is 1. The molecule has 0 aromatic heterocycles. The first-order chi connectivity index (χ1) is 10.2. The highest BCUT2D eigenvalue weighted by Crippen LogP contribution is 2.25. The predicted molar refractivity (Wildman–Crippen MR) is 79.6 cm³/mol. The molecule has 0 aliphatic heterocycles. The SMILES string of the molecule is CCOC(=O)C(N)(CC(C)(C)F)C(=O)OCc1ccccc1. The van der Waals surface area contributed by atoms with E-state index in [-0.39, 0.29) is 13.2 Å². The number of benzene rings is 1. The summed E-state index contributed by atoms with van der Waals surface area (Å²) in [5.41, 5.74) is 2.58. The quantitative estimate of drug-likeness (QED) is 0.616. The fourth-order valence-electron chi connectivity index (χ4n) is 2.00. The molecule has 22 heavy (non-hydrogen) atoms. The molecule has 0 spiro atoms. The highest BCUT2D eigenvalue weighted by atomic mass is 19.1. The minimum absolute atomic E-state index is 0.0382. The van der Waals surface area contributed by atoms with Crippen LogP contribution in [0.15, 0.2) is 30.3 Å². The average Bonchev–Trinajstić information content (AvgIpc) is 2.44. The van der Waals surface area contributed by atoms with Crippen LogP contribution in [0.5, 0.6) is 0 Å². The van der Waals surface area contributed by atoms with Gasteiger partial charge in [-0.15, -0.1) is 0 Å². The van der Waals surface area contributed by atoms with Crippen LogP contribution in [0.25, 0.3) is 0 Å². The van der Waals surface area contributed by atoms with E-state index in [0.717, 1.165) is 5.56 Å². The molecule has 0 amide bonds. The zero-order chi connectivity index (χ0) is 16.8. The first-order valence-corrected chi connectivity index (χ1v) is 7.05. The summed E-state index contributed by atoms with van der Waals surface area (Å²) in [6, 6.07) is 8.91. The molecule has 1 unspecified atom stereocenters. The molecule has 0 saturated carbocycles. The maximum Gasteiger partial charge on any atom is 0.338 e. The number of carbonyl (C=O) groups is 2. The molecule has 122 valence electrons. The van der Waals surface area contributed by atoms with Crippen LogP contribution >= 0.6 is 0 Å². The van der Waals surface area contributed by atoms with Gasteiger partial charge in [0.15, 0.2) is 0 Å². The van der Waals surface area contributed by atoms with E-state index in [4.69, 9.17) is 15.2 Å². The highest BCUT2D eigenvalue weighted by Gasteiger charge is 2.49. The number of carbonyl (C=O) groups excluding carboxylic acids is 2. The van der Waals surface area contributed by atoms with Gasteiger partial charge in [-0.1, -0.05) is 30.3 Å². The molecule has 1 rings (SSSR count). The lowest BCUT2D eigenvalue weighted by atomic mass is 9.88. The topological polar surface area (TPSA) is 78.6 Å². The Hall–Kier alpha value is -1.95. The van der Waals surface area contributed by atoms with Crippen molar-refractivity contribution in [3.63, 3.8) is 0 Å². The van der Waals surface area contributed by atoms with Crippen LogP contribution in [0.4, 0.5) is 4.39 Å². The first kappa shape index (κ1) is 18.1. The Kier molecular flexibility index (Phi) is 6.05. The number of ether oxygens (including phenoxy) is 2. The standard InChI is InChI=1S/C16H22FNO4/c1-4-21-13(19)16(18,11-15(2,3)17)14(20)22-10-12-8-6-5-7-9-12/h5-9H,4,10-11,18H2,1-3H3.